The fourth-order valence-corrected chi connectivity index (χ4v) is 4.94. The summed E-state index contributed by atoms with van der Waals surface area (Å²) in [6, 6.07) is 0.812. The van der Waals surface area contributed by atoms with Crippen molar-refractivity contribution in [2.75, 3.05) is 24.6 Å². The molecule has 0 aromatic carbocycles. The molecule has 0 radical (unpaired) electrons. The summed E-state index contributed by atoms with van der Waals surface area (Å²) in [5.41, 5.74) is 0.446. The third kappa shape index (κ3) is 2.27. The Morgan fingerprint density at radius 3 is 2.75 bits per heavy atom. The van der Waals surface area contributed by atoms with E-state index in [0.717, 1.165) is 12.0 Å². The Balaban J connectivity index is 1.71. The summed E-state index contributed by atoms with van der Waals surface area (Å²) in [4.78, 5) is 0. The Morgan fingerprint density at radius 2 is 1.88 bits per heavy atom. The summed E-state index contributed by atoms with van der Waals surface area (Å²) in [6.45, 7) is 2.47. The van der Waals surface area contributed by atoms with Crippen LogP contribution in [-0.2, 0) is 0 Å². The van der Waals surface area contributed by atoms with Crippen molar-refractivity contribution in [2.45, 2.75) is 50.1 Å². The van der Waals surface area contributed by atoms with E-state index in [1.54, 1.807) is 0 Å². The second kappa shape index (κ2) is 4.87. The van der Waals surface area contributed by atoms with Crippen LogP contribution in [0.1, 0.15) is 38.5 Å². The normalized spacial score (nSPS) is 39.0. The van der Waals surface area contributed by atoms with Crippen LogP contribution in [0.25, 0.3) is 0 Å². The molecule has 2 unspecified atom stereocenters. The topological polar surface area (TPSA) is 24.1 Å². The molecule has 3 rings (SSSR count). The summed E-state index contributed by atoms with van der Waals surface area (Å²) >= 11 is 2.13. The Labute approximate surface area is 103 Å². The van der Waals surface area contributed by atoms with Gasteiger partial charge in [0.05, 0.1) is 0 Å². The van der Waals surface area contributed by atoms with Crippen molar-refractivity contribution in [3.05, 3.63) is 0 Å². The molecule has 16 heavy (non-hydrogen) atoms. The molecule has 0 bridgehead atoms. The van der Waals surface area contributed by atoms with Crippen LogP contribution in [0.5, 0.6) is 0 Å². The minimum atomic E-state index is 0.446. The minimum absolute atomic E-state index is 0.446. The summed E-state index contributed by atoms with van der Waals surface area (Å²) in [6.07, 6.45) is 8.49. The quantitative estimate of drug-likeness (QED) is 0.677. The van der Waals surface area contributed by atoms with Crippen LogP contribution in [-0.4, -0.2) is 36.2 Å². The van der Waals surface area contributed by atoms with E-state index in [9.17, 15) is 0 Å². The highest BCUT2D eigenvalue weighted by Gasteiger charge is 2.39. The predicted octanol–water partition coefficient (Wildman–Crippen LogP) is 2.00. The smallest absolute Gasteiger partial charge is 0.0324 e. The lowest BCUT2D eigenvalue weighted by atomic mass is 9.83. The van der Waals surface area contributed by atoms with Gasteiger partial charge in [-0.2, -0.15) is 11.8 Å². The van der Waals surface area contributed by atoms with Gasteiger partial charge in [0, 0.05) is 18.1 Å². The molecule has 0 amide bonds. The van der Waals surface area contributed by atoms with Crippen LogP contribution in [0, 0.1) is 5.92 Å². The van der Waals surface area contributed by atoms with Gasteiger partial charge in [-0.25, -0.2) is 0 Å². The fourth-order valence-electron chi connectivity index (χ4n) is 3.67. The average molecular weight is 240 g/mol. The SMILES string of the molecule is C1CCC2NC3(CCSCC3)CNCC2C1. The number of thioether (sulfide) groups is 1. The first-order valence-electron chi connectivity index (χ1n) is 6.94. The van der Waals surface area contributed by atoms with E-state index in [1.807, 2.05) is 0 Å². The summed E-state index contributed by atoms with van der Waals surface area (Å²) in [5.74, 6) is 3.61. The Morgan fingerprint density at radius 1 is 1.06 bits per heavy atom. The third-order valence-electron chi connectivity index (χ3n) is 4.72. The van der Waals surface area contributed by atoms with E-state index in [4.69, 9.17) is 0 Å². The Kier molecular flexibility index (Phi) is 3.46. The van der Waals surface area contributed by atoms with E-state index in [2.05, 4.69) is 22.4 Å². The van der Waals surface area contributed by atoms with Crippen molar-refractivity contribution in [2.24, 2.45) is 5.92 Å². The fraction of sp³-hybridized carbons (Fsp3) is 1.00. The summed E-state index contributed by atoms with van der Waals surface area (Å²) in [7, 11) is 0. The molecule has 92 valence electrons. The van der Waals surface area contributed by atoms with E-state index >= 15 is 0 Å². The standard InChI is InChI=1S/C13H24N2S/c1-2-4-12-11(3-1)9-14-10-13(15-12)5-7-16-8-6-13/h11-12,14-15H,1-10H2. The van der Waals surface area contributed by atoms with Crippen LogP contribution in [0.2, 0.25) is 0 Å². The van der Waals surface area contributed by atoms with Gasteiger partial charge in [0.25, 0.3) is 0 Å². The van der Waals surface area contributed by atoms with Gasteiger partial charge in [-0.3, -0.25) is 0 Å². The zero-order chi connectivity index (χ0) is 10.8. The van der Waals surface area contributed by atoms with Crippen LogP contribution < -0.4 is 10.6 Å². The van der Waals surface area contributed by atoms with Crippen LogP contribution in [0.15, 0.2) is 0 Å². The zero-order valence-electron chi connectivity index (χ0n) is 10.1. The first-order valence-corrected chi connectivity index (χ1v) is 8.10. The molecule has 2 N–H and O–H groups in total. The van der Waals surface area contributed by atoms with Crippen molar-refractivity contribution in [1.29, 1.82) is 0 Å². The molecule has 0 aromatic heterocycles. The molecule has 3 heteroatoms. The number of nitrogens with one attached hydrogen (secondary N) is 2. The highest BCUT2D eigenvalue weighted by Crippen LogP contribution is 2.33. The lowest BCUT2D eigenvalue weighted by Gasteiger charge is -2.41. The molecule has 2 saturated heterocycles. The van der Waals surface area contributed by atoms with Crippen molar-refractivity contribution in [3.8, 4) is 0 Å². The molecule has 1 aliphatic carbocycles. The first-order chi connectivity index (χ1) is 7.88. The maximum atomic E-state index is 4.06. The lowest BCUT2D eigenvalue weighted by molar-refractivity contribution is 0.215. The largest absolute Gasteiger partial charge is 0.315 e. The average Bonchev–Trinajstić information content (AvgIpc) is 2.49. The molecule has 2 aliphatic heterocycles. The maximum Gasteiger partial charge on any atom is 0.0324 e. The van der Waals surface area contributed by atoms with E-state index < -0.39 is 0 Å². The van der Waals surface area contributed by atoms with Crippen LogP contribution in [0.4, 0.5) is 0 Å². The molecule has 1 spiro atoms. The molecule has 2 heterocycles. The molecule has 0 aromatic rings. The lowest BCUT2D eigenvalue weighted by Crippen LogP contribution is -2.56. The van der Waals surface area contributed by atoms with Gasteiger partial charge in [0.2, 0.25) is 0 Å². The second-order valence-corrected chi connectivity index (χ2v) is 7.04. The van der Waals surface area contributed by atoms with Gasteiger partial charge in [0.1, 0.15) is 0 Å². The van der Waals surface area contributed by atoms with Gasteiger partial charge in [-0.15, -0.1) is 0 Å². The van der Waals surface area contributed by atoms with Crippen LogP contribution in [0.3, 0.4) is 0 Å². The van der Waals surface area contributed by atoms with E-state index in [1.165, 1.54) is 63.1 Å². The van der Waals surface area contributed by atoms with Gasteiger partial charge in [-0.05, 0) is 49.7 Å². The van der Waals surface area contributed by atoms with Crippen molar-refractivity contribution < 1.29 is 0 Å². The first kappa shape index (κ1) is 11.4. The number of hydrogen-bond acceptors (Lipinski definition) is 3. The number of rotatable bonds is 0. The van der Waals surface area contributed by atoms with Gasteiger partial charge >= 0.3 is 0 Å². The number of fused-ring (bicyclic) bond motifs is 1. The van der Waals surface area contributed by atoms with Gasteiger partial charge in [-0.1, -0.05) is 12.8 Å². The van der Waals surface area contributed by atoms with Crippen molar-refractivity contribution in [3.63, 3.8) is 0 Å². The van der Waals surface area contributed by atoms with Crippen LogP contribution >= 0.6 is 11.8 Å². The highest BCUT2D eigenvalue weighted by atomic mass is 32.2. The third-order valence-corrected chi connectivity index (χ3v) is 5.71. The van der Waals surface area contributed by atoms with Crippen molar-refractivity contribution in [1.82, 2.24) is 10.6 Å². The number of hydrogen-bond donors (Lipinski definition) is 2. The second-order valence-electron chi connectivity index (χ2n) is 5.82. The zero-order valence-corrected chi connectivity index (χ0v) is 11.0. The summed E-state index contributed by atoms with van der Waals surface area (Å²) < 4.78 is 0. The Hall–Kier alpha value is 0.270. The predicted molar refractivity (Wildman–Crippen MR) is 71.0 cm³/mol. The maximum absolute atomic E-state index is 4.06. The Bertz CT molecular complexity index is 238. The van der Waals surface area contributed by atoms with Crippen molar-refractivity contribution >= 4 is 11.8 Å². The minimum Gasteiger partial charge on any atom is -0.315 e. The molecule has 2 nitrogen and oxygen atoms in total. The molecule has 1 saturated carbocycles. The highest BCUT2D eigenvalue weighted by molar-refractivity contribution is 7.99. The van der Waals surface area contributed by atoms with Gasteiger partial charge in [0.15, 0.2) is 0 Å². The molecule has 3 fully saturated rings. The van der Waals surface area contributed by atoms with E-state index in [0.29, 0.717) is 5.54 Å². The van der Waals surface area contributed by atoms with E-state index in [-0.39, 0.29) is 0 Å². The molecular formula is C13H24N2S. The summed E-state index contributed by atoms with van der Waals surface area (Å²) in [5, 5.41) is 7.79. The monoisotopic (exact) mass is 240 g/mol. The molecule has 3 aliphatic rings. The van der Waals surface area contributed by atoms with Gasteiger partial charge < -0.3 is 10.6 Å². The molecule has 2 atom stereocenters. The molecular weight excluding hydrogens is 216 g/mol.